The summed E-state index contributed by atoms with van der Waals surface area (Å²) in [5.74, 6) is -0.361. The maximum Gasteiger partial charge on any atom is 0.303 e. The Balaban J connectivity index is 2.33. The molecule has 1 aliphatic heterocycles. The van der Waals surface area contributed by atoms with Gasteiger partial charge in [-0.25, -0.2) is 0 Å². The maximum atomic E-state index is 12.4. The van der Waals surface area contributed by atoms with Gasteiger partial charge in [-0.05, 0) is 19.3 Å². The zero-order valence-electron chi connectivity index (χ0n) is 17.2. The van der Waals surface area contributed by atoms with Crippen molar-refractivity contribution in [1.29, 1.82) is 0 Å². The molecular weight excluding hydrogens is 342 g/mol. The number of carboxylic acid groups (broad SMARTS) is 1. The Morgan fingerprint density at radius 2 is 1.81 bits per heavy atom. The number of hydrogen-bond acceptors (Lipinski definition) is 3. The molecule has 1 rings (SSSR count). The van der Waals surface area contributed by atoms with Gasteiger partial charge in [0.05, 0.1) is 6.10 Å². The molecule has 1 saturated heterocycles. The van der Waals surface area contributed by atoms with Crippen molar-refractivity contribution in [3.63, 3.8) is 0 Å². The summed E-state index contributed by atoms with van der Waals surface area (Å²) < 4.78 is 0. The SMILES string of the molecule is CCCCCCCC(O)/C=C/C1CN(C)C(=O)C1CCCCCCC(=O)O. The molecule has 1 amide bonds. The van der Waals surface area contributed by atoms with Crippen LogP contribution >= 0.6 is 0 Å². The summed E-state index contributed by atoms with van der Waals surface area (Å²) in [5.41, 5.74) is 0. The fraction of sp³-hybridized carbons (Fsp3) is 0.818. The lowest BCUT2D eigenvalue weighted by atomic mass is 9.89. The molecule has 1 heterocycles. The summed E-state index contributed by atoms with van der Waals surface area (Å²) in [6, 6.07) is 0. The van der Waals surface area contributed by atoms with Crippen molar-refractivity contribution in [1.82, 2.24) is 4.90 Å². The molecule has 0 spiro atoms. The monoisotopic (exact) mass is 381 g/mol. The van der Waals surface area contributed by atoms with Crippen molar-refractivity contribution in [3.8, 4) is 0 Å². The molecule has 156 valence electrons. The van der Waals surface area contributed by atoms with Gasteiger partial charge in [0.25, 0.3) is 0 Å². The molecule has 0 aliphatic carbocycles. The Labute approximate surface area is 164 Å². The predicted molar refractivity (Wildman–Crippen MR) is 108 cm³/mol. The molecule has 3 unspecified atom stereocenters. The van der Waals surface area contributed by atoms with E-state index in [9.17, 15) is 14.7 Å². The summed E-state index contributed by atoms with van der Waals surface area (Å²) in [4.78, 5) is 24.7. The molecule has 2 N–H and O–H groups in total. The Morgan fingerprint density at radius 3 is 2.52 bits per heavy atom. The average Bonchev–Trinajstić information content (AvgIpc) is 2.90. The Bertz CT molecular complexity index is 463. The lowest BCUT2D eigenvalue weighted by molar-refractivity contribution is -0.137. The largest absolute Gasteiger partial charge is 0.481 e. The van der Waals surface area contributed by atoms with Gasteiger partial charge in [0, 0.05) is 31.8 Å². The molecule has 0 aromatic heterocycles. The van der Waals surface area contributed by atoms with Crippen LogP contribution in [-0.2, 0) is 9.59 Å². The number of aliphatic hydroxyl groups excluding tert-OH is 1. The number of carbonyl (C=O) groups is 2. The molecule has 5 heteroatoms. The molecular formula is C22H39NO4. The van der Waals surface area contributed by atoms with E-state index in [4.69, 9.17) is 5.11 Å². The van der Waals surface area contributed by atoms with Gasteiger partial charge in [-0.15, -0.1) is 0 Å². The number of carbonyl (C=O) groups excluding carboxylic acids is 1. The number of hydrogen-bond donors (Lipinski definition) is 2. The minimum absolute atomic E-state index is 0.00229. The van der Waals surface area contributed by atoms with Crippen LogP contribution in [0.4, 0.5) is 0 Å². The summed E-state index contributed by atoms with van der Waals surface area (Å²) in [7, 11) is 1.85. The normalized spacial score (nSPS) is 21.3. The van der Waals surface area contributed by atoms with E-state index < -0.39 is 12.1 Å². The van der Waals surface area contributed by atoms with Crippen LogP contribution in [0.5, 0.6) is 0 Å². The van der Waals surface area contributed by atoms with Crippen LogP contribution in [0.15, 0.2) is 12.2 Å². The van der Waals surface area contributed by atoms with Crippen molar-refractivity contribution in [2.45, 2.75) is 90.1 Å². The average molecular weight is 382 g/mol. The van der Waals surface area contributed by atoms with Crippen LogP contribution in [0.3, 0.4) is 0 Å². The second-order valence-electron chi connectivity index (χ2n) is 7.99. The van der Waals surface area contributed by atoms with Crippen LogP contribution in [0.1, 0.15) is 84.0 Å². The highest BCUT2D eigenvalue weighted by Gasteiger charge is 2.36. The van der Waals surface area contributed by atoms with Gasteiger partial charge in [-0.3, -0.25) is 9.59 Å². The Hall–Kier alpha value is -1.36. The van der Waals surface area contributed by atoms with E-state index in [1.165, 1.54) is 25.7 Å². The van der Waals surface area contributed by atoms with E-state index in [2.05, 4.69) is 6.92 Å². The van der Waals surface area contributed by atoms with Crippen LogP contribution in [-0.4, -0.2) is 46.7 Å². The van der Waals surface area contributed by atoms with Gasteiger partial charge >= 0.3 is 5.97 Å². The first-order valence-corrected chi connectivity index (χ1v) is 10.8. The number of likely N-dealkylation sites (tertiary alicyclic amines) is 1. The van der Waals surface area contributed by atoms with Gasteiger partial charge in [-0.1, -0.05) is 70.4 Å². The van der Waals surface area contributed by atoms with E-state index >= 15 is 0 Å². The van der Waals surface area contributed by atoms with Gasteiger partial charge < -0.3 is 15.1 Å². The molecule has 1 aliphatic rings. The van der Waals surface area contributed by atoms with E-state index in [1.54, 1.807) is 4.90 Å². The van der Waals surface area contributed by atoms with Crippen LogP contribution < -0.4 is 0 Å². The van der Waals surface area contributed by atoms with Crippen LogP contribution in [0.25, 0.3) is 0 Å². The summed E-state index contributed by atoms with van der Waals surface area (Å²) in [6.45, 7) is 2.92. The molecule has 0 radical (unpaired) electrons. The van der Waals surface area contributed by atoms with Gasteiger partial charge in [0.1, 0.15) is 0 Å². The van der Waals surface area contributed by atoms with Crippen LogP contribution in [0.2, 0.25) is 0 Å². The van der Waals surface area contributed by atoms with Crippen molar-refractivity contribution in [2.75, 3.05) is 13.6 Å². The molecule has 5 nitrogen and oxygen atoms in total. The number of amides is 1. The minimum atomic E-state index is -0.739. The summed E-state index contributed by atoms with van der Waals surface area (Å²) in [6.07, 6.45) is 14.9. The summed E-state index contributed by atoms with van der Waals surface area (Å²) >= 11 is 0. The predicted octanol–water partition coefficient (Wildman–Crippen LogP) is 4.39. The number of unbranched alkanes of at least 4 members (excludes halogenated alkanes) is 7. The lowest BCUT2D eigenvalue weighted by Gasteiger charge is -2.14. The van der Waals surface area contributed by atoms with Crippen molar-refractivity contribution >= 4 is 11.9 Å². The zero-order valence-corrected chi connectivity index (χ0v) is 17.2. The van der Waals surface area contributed by atoms with Crippen molar-refractivity contribution < 1.29 is 19.8 Å². The van der Waals surface area contributed by atoms with Gasteiger partial charge in [-0.2, -0.15) is 0 Å². The fourth-order valence-corrected chi connectivity index (χ4v) is 3.85. The van der Waals surface area contributed by atoms with E-state index in [1.807, 2.05) is 19.2 Å². The minimum Gasteiger partial charge on any atom is -0.481 e. The quantitative estimate of drug-likeness (QED) is 0.326. The number of rotatable bonds is 15. The Kier molecular flexibility index (Phi) is 12.1. The first kappa shape index (κ1) is 23.7. The molecule has 0 aromatic rings. The fourth-order valence-electron chi connectivity index (χ4n) is 3.85. The number of aliphatic carboxylic acids is 1. The molecule has 3 atom stereocenters. The second-order valence-corrected chi connectivity index (χ2v) is 7.99. The molecule has 0 saturated carbocycles. The topological polar surface area (TPSA) is 77.8 Å². The highest BCUT2D eigenvalue weighted by Crippen LogP contribution is 2.30. The third-order valence-corrected chi connectivity index (χ3v) is 5.53. The first-order chi connectivity index (χ1) is 13.0. The highest BCUT2D eigenvalue weighted by molar-refractivity contribution is 5.81. The van der Waals surface area contributed by atoms with Crippen LogP contribution in [0, 0.1) is 11.8 Å². The van der Waals surface area contributed by atoms with Crippen molar-refractivity contribution in [3.05, 3.63) is 12.2 Å². The zero-order chi connectivity index (χ0) is 20.1. The van der Waals surface area contributed by atoms with E-state index in [0.29, 0.717) is 6.42 Å². The molecule has 0 bridgehead atoms. The van der Waals surface area contributed by atoms with Gasteiger partial charge in [0.15, 0.2) is 0 Å². The molecule has 0 aromatic carbocycles. The Morgan fingerprint density at radius 1 is 1.15 bits per heavy atom. The van der Waals surface area contributed by atoms with Crippen molar-refractivity contribution in [2.24, 2.45) is 11.8 Å². The first-order valence-electron chi connectivity index (χ1n) is 10.8. The highest BCUT2D eigenvalue weighted by atomic mass is 16.4. The smallest absolute Gasteiger partial charge is 0.303 e. The third-order valence-electron chi connectivity index (χ3n) is 5.53. The number of carboxylic acids is 1. The van der Waals surface area contributed by atoms with Gasteiger partial charge in [0.2, 0.25) is 5.91 Å². The van der Waals surface area contributed by atoms with E-state index in [0.717, 1.165) is 45.1 Å². The number of nitrogens with zero attached hydrogens (tertiary/aromatic N) is 1. The van der Waals surface area contributed by atoms with E-state index in [-0.39, 0.29) is 24.2 Å². The third kappa shape index (κ3) is 9.94. The second kappa shape index (κ2) is 13.8. The standard InChI is InChI=1S/C22H39NO4/c1-3-4-5-6-9-12-19(24)16-15-18-17-23(2)22(27)20(18)13-10-7-8-11-14-21(25)26/h15-16,18-20,24H,3-14,17H2,1-2H3,(H,25,26)/b16-15+. The maximum absolute atomic E-state index is 12.4. The lowest BCUT2D eigenvalue weighted by Crippen LogP contribution is -2.22. The molecule has 1 fully saturated rings. The number of aliphatic hydroxyl groups is 1. The molecule has 27 heavy (non-hydrogen) atoms. The summed E-state index contributed by atoms with van der Waals surface area (Å²) in [5, 5.41) is 18.8.